The quantitative estimate of drug-likeness (QED) is 0.350. The maximum atomic E-state index is 12.8. The van der Waals surface area contributed by atoms with Gasteiger partial charge in [0.05, 0.1) is 24.6 Å². The van der Waals surface area contributed by atoms with E-state index in [4.69, 9.17) is 14.1 Å². The maximum absolute atomic E-state index is 12.8. The lowest BCUT2D eigenvalue weighted by Gasteiger charge is -2.37. The molecule has 3 N–H and O–H groups in total. The Balaban J connectivity index is 0.00000306. The number of hydrogen-bond donors (Lipinski definition) is 3. The molecule has 4 aromatic rings. The molecule has 4 rings (SSSR count). The van der Waals surface area contributed by atoms with Crippen molar-refractivity contribution in [1.29, 1.82) is 0 Å². The number of aliphatic hydroxyl groups excluding tert-OH is 1. The molecule has 0 spiro atoms. The molecule has 0 bridgehead atoms. The van der Waals surface area contributed by atoms with Gasteiger partial charge in [0.1, 0.15) is 17.0 Å². The zero-order valence-electron chi connectivity index (χ0n) is 18.7. The van der Waals surface area contributed by atoms with E-state index in [2.05, 4.69) is 15.3 Å². The van der Waals surface area contributed by atoms with Crippen LogP contribution in [0.2, 0.25) is 0 Å². The number of carbonyl (C=O) groups is 1. The first-order chi connectivity index (χ1) is 15.5. The number of oxazole rings is 1. The molecule has 0 aliphatic heterocycles. The fourth-order valence-corrected chi connectivity index (χ4v) is 3.91. The molecule has 33 heavy (non-hydrogen) atoms. The number of para-hydroxylation sites is 1. The molecule has 0 saturated carbocycles. The summed E-state index contributed by atoms with van der Waals surface area (Å²) in [5, 5.41) is 13.8. The van der Waals surface area contributed by atoms with Crippen molar-refractivity contribution in [2.75, 3.05) is 6.61 Å². The normalized spacial score (nSPS) is 13.7. The SMILES string of the molecule is CCOc1ccc(-c2nc3c([C@@](CC)(NC(=O)c4c[nH]cn4)[C@H](C)O)cccc3o2)cc1.Cl. The van der Waals surface area contributed by atoms with Gasteiger partial charge in [0.25, 0.3) is 5.91 Å². The first kappa shape index (κ1) is 24.3. The summed E-state index contributed by atoms with van der Waals surface area (Å²) in [5.74, 6) is 0.833. The number of aromatic nitrogens is 3. The second-order valence-electron chi connectivity index (χ2n) is 7.54. The van der Waals surface area contributed by atoms with Crippen LogP contribution in [0, 0.1) is 0 Å². The van der Waals surface area contributed by atoms with E-state index in [1.54, 1.807) is 6.92 Å². The molecule has 2 heterocycles. The fraction of sp³-hybridized carbons (Fsp3) is 0.292. The van der Waals surface area contributed by atoms with Gasteiger partial charge < -0.3 is 24.6 Å². The number of halogens is 1. The Bertz CT molecular complexity index is 1210. The molecule has 1 amide bonds. The highest BCUT2D eigenvalue weighted by molar-refractivity contribution is 5.93. The minimum absolute atomic E-state index is 0. The van der Waals surface area contributed by atoms with Crippen molar-refractivity contribution in [1.82, 2.24) is 20.3 Å². The van der Waals surface area contributed by atoms with Crippen LogP contribution in [0.1, 0.15) is 43.2 Å². The molecule has 2 atom stereocenters. The number of aromatic amines is 1. The second-order valence-corrected chi connectivity index (χ2v) is 7.54. The Morgan fingerprint density at radius 3 is 2.61 bits per heavy atom. The number of imidazole rings is 1. The van der Waals surface area contributed by atoms with Gasteiger partial charge >= 0.3 is 0 Å². The van der Waals surface area contributed by atoms with E-state index in [1.165, 1.54) is 12.5 Å². The summed E-state index contributed by atoms with van der Waals surface area (Å²) in [6.07, 6.45) is 2.49. The smallest absolute Gasteiger partial charge is 0.272 e. The third-order valence-electron chi connectivity index (χ3n) is 5.65. The molecule has 0 radical (unpaired) electrons. The summed E-state index contributed by atoms with van der Waals surface area (Å²) < 4.78 is 11.5. The van der Waals surface area contributed by atoms with Crippen LogP contribution < -0.4 is 10.1 Å². The van der Waals surface area contributed by atoms with Gasteiger partial charge in [0, 0.05) is 17.3 Å². The van der Waals surface area contributed by atoms with E-state index in [1.807, 2.05) is 56.3 Å². The van der Waals surface area contributed by atoms with Gasteiger partial charge in [-0.1, -0.05) is 19.1 Å². The predicted octanol–water partition coefficient (Wildman–Crippen LogP) is 4.45. The van der Waals surface area contributed by atoms with Crippen molar-refractivity contribution in [2.45, 2.75) is 38.8 Å². The summed E-state index contributed by atoms with van der Waals surface area (Å²) >= 11 is 0. The van der Waals surface area contributed by atoms with Gasteiger partial charge in [0.2, 0.25) is 5.89 Å². The minimum atomic E-state index is -1.08. The maximum Gasteiger partial charge on any atom is 0.272 e. The van der Waals surface area contributed by atoms with Crippen LogP contribution in [0.4, 0.5) is 0 Å². The molecule has 0 aliphatic rings. The second kappa shape index (κ2) is 10.1. The molecule has 9 heteroatoms. The predicted molar refractivity (Wildman–Crippen MR) is 128 cm³/mol. The van der Waals surface area contributed by atoms with Gasteiger partial charge in [-0.15, -0.1) is 12.4 Å². The molecular weight excluding hydrogens is 444 g/mol. The third-order valence-corrected chi connectivity index (χ3v) is 5.65. The zero-order chi connectivity index (χ0) is 22.7. The summed E-state index contributed by atoms with van der Waals surface area (Å²) in [6.45, 7) is 6.09. The number of fused-ring (bicyclic) bond motifs is 1. The number of carbonyl (C=O) groups excluding carboxylic acids is 1. The fourth-order valence-electron chi connectivity index (χ4n) is 3.91. The van der Waals surface area contributed by atoms with Gasteiger partial charge in [-0.05, 0) is 50.6 Å². The largest absolute Gasteiger partial charge is 0.494 e. The van der Waals surface area contributed by atoms with Gasteiger partial charge in [-0.3, -0.25) is 4.79 Å². The zero-order valence-corrected chi connectivity index (χ0v) is 19.5. The summed E-state index contributed by atoms with van der Waals surface area (Å²) in [4.78, 5) is 24.4. The molecule has 0 fully saturated rings. The number of benzene rings is 2. The molecule has 2 aromatic heterocycles. The molecular formula is C24H27ClN4O4. The van der Waals surface area contributed by atoms with Gasteiger partial charge in [0.15, 0.2) is 5.58 Å². The average Bonchev–Trinajstić information content (AvgIpc) is 3.48. The monoisotopic (exact) mass is 470 g/mol. The first-order valence-electron chi connectivity index (χ1n) is 10.6. The van der Waals surface area contributed by atoms with Crippen LogP contribution in [0.3, 0.4) is 0 Å². The number of H-pyrrole nitrogens is 1. The van der Waals surface area contributed by atoms with E-state index < -0.39 is 11.6 Å². The summed E-state index contributed by atoms with van der Waals surface area (Å²) in [5.41, 5.74) is 1.79. The number of nitrogens with one attached hydrogen (secondary N) is 2. The summed E-state index contributed by atoms with van der Waals surface area (Å²) in [6, 6.07) is 13.0. The molecule has 8 nitrogen and oxygen atoms in total. The molecule has 0 saturated heterocycles. The van der Waals surface area contributed by atoms with Crippen LogP contribution in [0.15, 0.2) is 59.4 Å². The molecule has 174 valence electrons. The highest BCUT2D eigenvalue weighted by Crippen LogP contribution is 2.36. The lowest BCUT2D eigenvalue weighted by Crippen LogP contribution is -2.53. The van der Waals surface area contributed by atoms with Gasteiger partial charge in [-0.25, -0.2) is 9.97 Å². The van der Waals surface area contributed by atoms with Crippen LogP contribution in [-0.4, -0.2) is 38.7 Å². The number of rotatable bonds is 8. The van der Waals surface area contributed by atoms with Gasteiger partial charge in [-0.2, -0.15) is 0 Å². The van der Waals surface area contributed by atoms with E-state index in [-0.39, 0.29) is 24.0 Å². The third kappa shape index (κ3) is 4.58. The van der Waals surface area contributed by atoms with E-state index >= 15 is 0 Å². The van der Waals surface area contributed by atoms with E-state index in [0.29, 0.717) is 35.6 Å². The molecule has 0 unspecified atom stereocenters. The van der Waals surface area contributed by atoms with Crippen LogP contribution in [-0.2, 0) is 5.54 Å². The van der Waals surface area contributed by atoms with E-state index in [9.17, 15) is 9.90 Å². The number of hydrogen-bond acceptors (Lipinski definition) is 6. The Labute approximate surface area is 197 Å². The average molecular weight is 471 g/mol. The highest BCUT2D eigenvalue weighted by Gasteiger charge is 2.40. The Morgan fingerprint density at radius 2 is 2.00 bits per heavy atom. The molecule has 0 aliphatic carbocycles. The minimum Gasteiger partial charge on any atom is -0.494 e. The van der Waals surface area contributed by atoms with Crippen LogP contribution >= 0.6 is 12.4 Å². The Hall–Kier alpha value is -3.36. The lowest BCUT2D eigenvalue weighted by atomic mass is 9.81. The number of ether oxygens (including phenoxy) is 1. The molecule has 2 aromatic carbocycles. The number of nitrogens with zero attached hydrogens (tertiary/aromatic N) is 2. The lowest BCUT2D eigenvalue weighted by molar-refractivity contribution is 0.0555. The van der Waals surface area contributed by atoms with Crippen molar-refractivity contribution in [3.63, 3.8) is 0 Å². The van der Waals surface area contributed by atoms with Crippen LogP contribution in [0.5, 0.6) is 5.75 Å². The number of amides is 1. The topological polar surface area (TPSA) is 113 Å². The van der Waals surface area contributed by atoms with Crippen LogP contribution in [0.25, 0.3) is 22.6 Å². The first-order valence-corrected chi connectivity index (χ1v) is 10.6. The Kier molecular flexibility index (Phi) is 7.40. The van der Waals surface area contributed by atoms with Crippen molar-refractivity contribution in [3.05, 3.63) is 66.2 Å². The van der Waals surface area contributed by atoms with Crippen molar-refractivity contribution < 1.29 is 19.1 Å². The standard InChI is InChI=1S/C24H26N4O4.ClH/c1-4-24(15(3)29,28-22(30)19-13-25-14-26-19)18-7-6-8-20-21(18)27-23(32-20)16-9-11-17(12-10-16)31-5-2;/h6-15,29H,4-5H2,1-3H3,(H,25,26)(H,28,30);1H/t15-,24-;/m0./s1. The van der Waals surface area contributed by atoms with E-state index in [0.717, 1.165) is 11.3 Å². The van der Waals surface area contributed by atoms with Crippen molar-refractivity contribution in [2.24, 2.45) is 0 Å². The highest BCUT2D eigenvalue weighted by atomic mass is 35.5. The summed E-state index contributed by atoms with van der Waals surface area (Å²) in [7, 11) is 0. The number of aliphatic hydroxyl groups is 1. The van der Waals surface area contributed by atoms with Crippen molar-refractivity contribution >= 4 is 29.4 Å². The van der Waals surface area contributed by atoms with Crippen molar-refractivity contribution in [3.8, 4) is 17.2 Å². The Morgan fingerprint density at radius 1 is 1.24 bits per heavy atom.